The van der Waals surface area contributed by atoms with Gasteiger partial charge in [-0.2, -0.15) is 0 Å². The number of nitrogens with zero attached hydrogens (tertiary/aromatic N) is 6. The fourth-order valence-corrected chi connectivity index (χ4v) is 19.6. The average Bonchev–Trinajstić information content (AvgIpc) is 1.24. The average molecular weight is 1230 g/mol. The Kier molecular flexibility index (Phi) is 10.1. The minimum Gasteiger partial charge on any atom is -0.312 e. The van der Waals surface area contributed by atoms with E-state index in [1.165, 1.54) is 167 Å². The lowest BCUT2D eigenvalue weighted by atomic mass is 9.28. The van der Waals surface area contributed by atoms with Crippen LogP contribution in [0.1, 0.15) is 25.0 Å². The summed E-state index contributed by atoms with van der Waals surface area (Å²) in [7, 11) is 0. The van der Waals surface area contributed by atoms with E-state index in [2.05, 4.69) is 347 Å². The Hall–Kier alpha value is -11.9. The molecule has 0 unspecified atom stereocenters. The molecule has 0 radical (unpaired) electrons. The highest BCUT2D eigenvalue weighted by atomic mass is 15.2. The summed E-state index contributed by atoms with van der Waals surface area (Å²) in [5.74, 6) is 0. The standard InChI is InChI=1S/C87H56B4N6/c1-87(2)59-49-75-67(90-65-39-19-25-45-73(65)96-71-43-23-17-37-63(71)88-61-35-15-21-41-69(61)92(53-27-7-3-8-28-53)77-51-79(83(90)85(96)81(77)88)94(75)55-31-11-5-12-32-55)47-57(59)58-48-68-76(50-60(58)87)95(56-33-13-6-14-34-56)80-52-78-82-86-84(80)91(68)66-40-20-26-46-74(66)97(86)72-44-24-18-38-64(72)89(82)62-36-16-22-42-70(62)93(78)54-29-9-4-10-30-54/h3-52H,1-2H3. The lowest BCUT2D eigenvalue weighted by Gasteiger charge is -2.51. The summed E-state index contributed by atoms with van der Waals surface area (Å²) in [5.41, 5.74) is 42.8. The van der Waals surface area contributed by atoms with E-state index in [-0.39, 0.29) is 26.9 Å². The Labute approximate surface area is 565 Å². The van der Waals surface area contributed by atoms with Gasteiger partial charge < -0.3 is 29.4 Å². The number of hydrogen-bond donors (Lipinski definition) is 0. The molecule has 0 aromatic heterocycles. The summed E-state index contributed by atoms with van der Waals surface area (Å²) in [5, 5.41) is 0. The molecule has 9 aliphatic rings. The molecule has 8 aliphatic heterocycles. The number of rotatable bonds is 4. The van der Waals surface area contributed by atoms with E-state index < -0.39 is 5.41 Å². The Balaban J connectivity index is 0.805. The fraction of sp³-hybridized carbons (Fsp3) is 0.0345. The molecule has 0 saturated carbocycles. The van der Waals surface area contributed by atoms with Crippen molar-refractivity contribution in [1.82, 2.24) is 0 Å². The number of anilines is 18. The minimum atomic E-state index is -0.415. The maximum absolute atomic E-state index is 2.67. The molecule has 0 saturated heterocycles. The second-order valence-electron chi connectivity index (χ2n) is 28.2. The molecule has 0 atom stereocenters. The van der Waals surface area contributed by atoms with E-state index >= 15 is 0 Å². The third-order valence-electron chi connectivity index (χ3n) is 23.3. The molecule has 14 aromatic carbocycles. The topological polar surface area (TPSA) is 19.4 Å². The van der Waals surface area contributed by atoms with Gasteiger partial charge >= 0.3 is 0 Å². The van der Waals surface area contributed by atoms with Crippen molar-refractivity contribution in [2.24, 2.45) is 0 Å². The van der Waals surface area contributed by atoms with E-state index in [1.807, 2.05) is 0 Å². The Morgan fingerprint density at radius 3 is 0.711 bits per heavy atom. The van der Waals surface area contributed by atoms with Gasteiger partial charge in [-0.15, -0.1) is 0 Å². The van der Waals surface area contributed by atoms with Crippen molar-refractivity contribution in [1.29, 1.82) is 0 Å². The van der Waals surface area contributed by atoms with Gasteiger partial charge in [0.15, 0.2) is 0 Å². The maximum Gasteiger partial charge on any atom is 0.252 e. The highest BCUT2D eigenvalue weighted by Crippen LogP contribution is 2.57. The molecule has 0 spiro atoms. The van der Waals surface area contributed by atoms with E-state index in [1.54, 1.807) is 0 Å². The molecule has 0 fully saturated rings. The molecule has 23 rings (SSSR count). The van der Waals surface area contributed by atoms with Gasteiger partial charge in [0.1, 0.15) is 0 Å². The second-order valence-corrected chi connectivity index (χ2v) is 28.2. The number of benzene rings is 14. The molecule has 0 N–H and O–H groups in total. The number of para-hydroxylation sites is 10. The second kappa shape index (κ2) is 18.7. The predicted octanol–water partition coefficient (Wildman–Crippen LogP) is 13.4. The third kappa shape index (κ3) is 6.56. The minimum absolute atomic E-state index is 0.00659. The van der Waals surface area contributed by atoms with Crippen LogP contribution in [0.4, 0.5) is 102 Å². The van der Waals surface area contributed by atoms with Gasteiger partial charge in [-0.25, -0.2) is 0 Å². The van der Waals surface area contributed by atoms with Gasteiger partial charge in [0.25, 0.3) is 26.9 Å². The molecular weight excluding hydrogens is 1170 g/mol. The molecule has 10 heteroatoms. The van der Waals surface area contributed by atoms with Crippen molar-refractivity contribution in [2.75, 3.05) is 29.4 Å². The largest absolute Gasteiger partial charge is 0.312 e. The van der Waals surface area contributed by atoms with Gasteiger partial charge in [-0.05, 0) is 197 Å². The van der Waals surface area contributed by atoms with Crippen LogP contribution in [-0.4, -0.2) is 26.9 Å². The van der Waals surface area contributed by atoms with Gasteiger partial charge in [0.2, 0.25) is 0 Å². The lowest BCUT2D eigenvalue weighted by molar-refractivity contribution is 0.660. The molecule has 0 amide bonds. The highest BCUT2D eigenvalue weighted by molar-refractivity contribution is 7.06. The van der Waals surface area contributed by atoms with Crippen LogP contribution in [0, 0.1) is 0 Å². The molecule has 6 nitrogen and oxygen atoms in total. The van der Waals surface area contributed by atoms with Crippen molar-refractivity contribution >= 4 is 195 Å². The quantitative estimate of drug-likeness (QED) is 0.162. The number of fused-ring (bicyclic) bond motifs is 23. The van der Waals surface area contributed by atoms with E-state index in [0.717, 1.165) is 22.7 Å². The summed E-state index contributed by atoms with van der Waals surface area (Å²) in [6.45, 7) is 4.82. The van der Waals surface area contributed by atoms with Crippen LogP contribution in [0.5, 0.6) is 0 Å². The molecule has 14 aromatic rings. The smallest absolute Gasteiger partial charge is 0.252 e. The summed E-state index contributed by atoms with van der Waals surface area (Å²) in [4.78, 5) is 15.7. The lowest BCUT2D eigenvalue weighted by Crippen LogP contribution is -2.68. The van der Waals surface area contributed by atoms with E-state index in [0.29, 0.717) is 0 Å². The molecular formula is C87H56B4N6. The van der Waals surface area contributed by atoms with Gasteiger partial charge in [0.05, 0.1) is 0 Å². The zero-order valence-corrected chi connectivity index (χ0v) is 53.4. The first kappa shape index (κ1) is 52.5. The monoisotopic (exact) mass is 1230 g/mol. The molecule has 446 valence electrons. The molecule has 0 bridgehead atoms. The predicted molar refractivity (Wildman–Crippen MR) is 411 cm³/mol. The molecule has 97 heavy (non-hydrogen) atoms. The zero-order chi connectivity index (χ0) is 63.3. The Morgan fingerprint density at radius 2 is 0.433 bits per heavy atom. The molecule has 1 aliphatic carbocycles. The highest BCUT2D eigenvalue weighted by Gasteiger charge is 2.55. The van der Waals surface area contributed by atoms with Crippen LogP contribution in [0.15, 0.2) is 303 Å². The van der Waals surface area contributed by atoms with Crippen LogP contribution in [0.3, 0.4) is 0 Å². The zero-order valence-electron chi connectivity index (χ0n) is 53.4. The third-order valence-corrected chi connectivity index (χ3v) is 23.3. The maximum atomic E-state index is 2.67. The number of hydrogen-bond acceptors (Lipinski definition) is 6. The Morgan fingerprint density at radius 1 is 0.206 bits per heavy atom. The van der Waals surface area contributed by atoms with Crippen molar-refractivity contribution in [2.45, 2.75) is 19.3 Å². The molecule has 8 heterocycles. The summed E-state index contributed by atoms with van der Waals surface area (Å²) >= 11 is 0. The van der Waals surface area contributed by atoms with E-state index in [4.69, 9.17) is 0 Å². The van der Waals surface area contributed by atoms with Crippen molar-refractivity contribution in [3.05, 3.63) is 314 Å². The van der Waals surface area contributed by atoms with Crippen LogP contribution in [-0.2, 0) is 5.41 Å². The van der Waals surface area contributed by atoms with Crippen LogP contribution in [0.25, 0.3) is 11.1 Å². The van der Waals surface area contributed by atoms with Crippen LogP contribution >= 0.6 is 0 Å². The van der Waals surface area contributed by atoms with Crippen molar-refractivity contribution in [3.8, 4) is 11.1 Å². The first-order valence-electron chi connectivity index (χ1n) is 34.3. The van der Waals surface area contributed by atoms with E-state index in [9.17, 15) is 0 Å². The van der Waals surface area contributed by atoms with Crippen molar-refractivity contribution < 1.29 is 0 Å². The summed E-state index contributed by atoms with van der Waals surface area (Å²) in [6, 6.07) is 116. The van der Waals surface area contributed by atoms with Gasteiger partial charge in [-0.1, -0.05) is 208 Å². The van der Waals surface area contributed by atoms with Gasteiger partial charge in [-0.3, -0.25) is 0 Å². The summed E-state index contributed by atoms with van der Waals surface area (Å²) < 4.78 is 0. The first-order chi connectivity index (χ1) is 48.0. The van der Waals surface area contributed by atoms with Crippen molar-refractivity contribution in [3.63, 3.8) is 0 Å². The first-order valence-corrected chi connectivity index (χ1v) is 34.3. The normalized spacial score (nSPS) is 15.2. The Bertz CT molecular complexity index is 5460. The fourth-order valence-electron chi connectivity index (χ4n) is 19.6. The SMILES string of the molecule is CC1(C)c2cc3c(cc2-c2cc4c(cc21)N(c1ccccc1)c1cc2c5c6c1B4c1ccccc1N6c1ccccc1B5c1ccccc1N2c1ccccc1)B1c2ccccc2N2c4ccccc4B4c5ccccc5N(c5ccccc5)c5cc(c1c2c54)N3c1ccccc1. The van der Waals surface area contributed by atoms with Crippen LogP contribution < -0.4 is 95.0 Å². The van der Waals surface area contributed by atoms with Gasteiger partial charge in [0, 0.05) is 108 Å². The van der Waals surface area contributed by atoms with Crippen LogP contribution in [0.2, 0.25) is 0 Å². The summed E-state index contributed by atoms with van der Waals surface area (Å²) in [6.07, 6.45) is 0.